The smallest absolute Gasteiger partial charge is 0.166 e. The Kier molecular flexibility index (Phi) is 2.31. The molecule has 4 nitrogen and oxygen atoms in total. The zero-order valence-corrected chi connectivity index (χ0v) is 12.8. The summed E-state index contributed by atoms with van der Waals surface area (Å²) in [6, 6.07) is 0. The third-order valence-corrected chi connectivity index (χ3v) is 7.17. The Balaban J connectivity index is 1.81. The van der Waals surface area contributed by atoms with Gasteiger partial charge in [0.15, 0.2) is 6.29 Å². The third-order valence-electron chi connectivity index (χ3n) is 7.17. The summed E-state index contributed by atoms with van der Waals surface area (Å²) < 4.78 is 11.2. The molecule has 1 spiro atoms. The van der Waals surface area contributed by atoms with Gasteiger partial charge < -0.3 is 19.7 Å². The van der Waals surface area contributed by atoms with Crippen LogP contribution in [0.5, 0.6) is 0 Å². The van der Waals surface area contributed by atoms with Gasteiger partial charge in [0.25, 0.3) is 0 Å². The molecule has 1 aliphatic heterocycles. The summed E-state index contributed by atoms with van der Waals surface area (Å²) in [6.45, 7) is 7.02. The highest BCUT2D eigenvalue weighted by atomic mass is 16.7. The van der Waals surface area contributed by atoms with E-state index in [0.717, 1.165) is 19.3 Å². The average Bonchev–Trinajstić information content (AvgIpc) is 2.72. The molecule has 7 unspecified atom stereocenters. The van der Waals surface area contributed by atoms with Crippen LogP contribution >= 0.6 is 0 Å². The fourth-order valence-electron chi connectivity index (χ4n) is 6.29. The second-order valence-electron chi connectivity index (χ2n) is 8.66. The van der Waals surface area contributed by atoms with E-state index in [2.05, 4.69) is 20.8 Å². The molecule has 2 N–H and O–H groups in total. The van der Waals surface area contributed by atoms with Gasteiger partial charge in [-0.2, -0.15) is 0 Å². The number of aliphatic hydroxyl groups is 2. The average molecular weight is 282 g/mol. The highest BCUT2D eigenvalue weighted by Gasteiger charge is 2.88. The Hall–Kier alpha value is -0.160. The largest absolute Gasteiger partial charge is 0.390 e. The number of aliphatic hydroxyl groups excluding tert-OH is 1. The summed E-state index contributed by atoms with van der Waals surface area (Å²) in [5.74, 6) is 0.655. The monoisotopic (exact) mass is 282 g/mol. The van der Waals surface area contributed by atoms with E-state index >= 15 is 0 Å². The molecule has 114 valence electrons. The van der Waals surface area contributed by atoms with Crippen LogP contribution in [0.25, 0.3) is 0 Å². The molecule has 0 bridgehead atoms. The normalized spacial score (nSPS) is 62.7. The molecule has 0 amide bonds. The van der Waals surface area contributed by atoms with Crippen molar-refractivity contribution >= 4 is 0 Å². The first-order chi connectivity index (χ1) is 9.22. The van der Waals surface area contributed by atoms with Crippen LogP contribution in [0, 0.1) is 28.1 Å². The maximum absolute atomic E-state index is 11.2. The van der Waals surface area contributed by atoms with Crippen LogP contribution in [-0.2, 0) is 9.47 Å². The predicted octanol–water partition coefficient (Wildman–Crippen LogP) is 1.54. The number of hydrogen-bond donors (Lipinski definition) is 2. The first-order valence-corrected chi connectivity index (χ1v) is 7.77. The maximum atomic E-state index is 11.2. The molecular formula is C16H26O4. The van der Waals surface area contributed by atoms with Crippen LogP contribution in [0.3, 0.4) is 0 Å². The molecule has 4 heteroatoms. The van der Waals surface area contributed by atoms with E-state index in [9.17, 15) is 10.2 Å². The minimum atomic E-state index is -1.13. The molecular weight excluding hydrogens is 256 g/mol. The van der Waals surface area contributed by atoms with Gasteiger partial charge in [0.2, 0.25) is 0 Å². The SMILES string of the molecule is COC1OCC2(O)C(O)C3CC(C)(C)CC3C3(C)CC132. The van der Waals surface area contributed by atoms with Crippen molar-refractivity contribution < 1.29 is 19.7 Å². The van der Waals surface area contributed by atoms with Crippen molar-refractivity contribution in [2.75, 3.05) is 13.7 Å². The van der Waals surface area contributed by atoms with Crippen molar-refractivity contribution in [1.82, 2.24) is 0 Å². The van der Waals surface area contributed by atoms with Crippen LogP contribution in [0.1, 0.15) is 40.0 Å². The van der Waals surface area contributed by atoms with Crippen molar-refractivity contribution in [2.45, 2.75) is 58.0 Å². The third kappa shape index (κ3) is 1.17. The number of hydrogen-bond acceptors (Lipinski definition) is 4. The fourth-order valence-corrected chi connectivity index (χ4v) is 6.29. The summed E-state index contributed by atoms with van der Waals surface area (Å²) in [7, 11) is 1.64. The predicted molar refractivity (Wildman–Crippen MR) is 72.9 cm³/mol. The highest BCUT2D eigenvalue weighted by Crippen LogP contribution is 2.83. The van der Waals surface area contributed by atoms with Crippen molar-refractivity contribution in [1.29, 1.82) is 0 Å². The quantitative estimate of drug-likeness (QED) is 0.766. The van der Waals surface area contributed by atoms with E-state index in [1.807, 2.05) is 0 Å². The summed E-state index contributed by atoms with van der Waals surface area (Å²) in [5.41, 5.74) is -1.25. The van der Waals surface area contributed by atoms with Crippen molar-refractivity contribution in [3.63, 3.8) is 0 Å². The van der Waals surface area contributed by atoms with Crippen LogP contribution in [0.15, 0.2) is 0 Å². The summed E-state index contributed by atoms with van der Waals surface area (Å²) >= 11 is 0. The lowest BCUT2D eigenvalue weighted by Crippen LogP contribution is -2.61. The first kappa shape index (κ1) is 13.5. The van der Waals surface area contributed by atoms with Gasteiger partial charge in [0.05, 0.1) is 18.1 Å². The summed E-state index contributed by atoms with van der Waals surface area (Å²) in [4.78, 5) is 0. The topological polar surface area (TPSA) is 58.9 Å². The van der Waals surface area contributed by atoms with Gasteiger partial charge in [0.1, 0.15) is 5.60 Å². The van der Waals surface area contributed by atoms with E-state index < -0.39 is 17.1 Å². The summed E-state index contributed by atoms with van der Waals surface area (Å²) in [5, 5.41) is 22.1. The first-order valence-electron chi connectivity index (χ1n) is 7.77. The molecule has 0 aromatic rings. The van der Waals surface area contributed by atoms with Gasteiger partial charge in [-0.05, 0) is 41.9 Å². The van der Waals surface area contributed by atoms with E-state index in [4.69, 9.17) is 9.47 Å². The molecule has 20 heavy (non-hydrogen) atoms. The molecule has 7 atom stereocenters. The van der Waals surface area contributed by atoms with Crippen molar-refractivity contribution in [3.8, 4) is 0 Å². The minimum absolute atomic E-state index is 0.0383. The summed E-state index contributed by atoms with van der Waals surface area (Å²) in [6.07, 6.45) is 1.95. The molecule has 4 rings (SSSR count). The molecule has 3 aliphatic carbocycles. The van der Waals surface area contributed by atoms with Crippen LogP contribution in [0.4, 0.5) is 0 Å². The number of methoxy groups -OCH3 is 1. The number of ether oxygens (including phenoxy) is 2. The van der Waals surface area contributed by atoms with E-state index in [-0.39, 0.29) is 29.6 Å². The Morgan fingerprint density at radius 1 is 1.20 bits per heavy atom. The Labute approximate surface area is 120 Å². The van der Waals surface area contributed by atoms with Gasteiger partial charge in [-0.25, -0.2) is 0 Å². The lowest BCUT2D eigenvalue weighted by Gasteiger charge is -2.48. The second-order valence-corrected chi connectivity index (χ2v) is 8.66. The Bertz CT molecular complexity index is 463. The Morgan fingerprint density at radius 3 is 2.55 bits per heavy atom. The second kappa shape index (κ2) is 3.43. The molecule has 0 aromatic heterocycles. The minimum Gasteiger partial charge on any atom is -0.390 e. The molecule has 4 fully saturated rings. The number of fused-ring (bicyclic) bond motifs is 2. The van der Waals surface area contributed by atoms with Gasteiger partial charge in [-0.15, -0.1) is 0 Å². The van der Waals surface area contributed by atoms with E-state index in [1.54, 1.807) is 7.11 Å². The molecule has 3 saturated carbocycles. The fraction of sp³-hybridized carbons (Fsp3) is 1.00. The zero-order chi connectivity index (χ0) is 14.6. The van der Waals surface area contributed by atoms with Crippen LogP contribution in [-0.4, -0.2) is 41.9 Å². The molecule has 0 radical (unpaired) electrons. The van der Waals surface area contributed by atoms with Crippen molar-refractivity contribution in [2.24, 2.45) is 28.1 Å². The van der Waals surface area contributed by atoms with Crippen LogP contribution < -0.4 is 0 Å². The zero-order valence-electron chi connectivity index (χ0n) is 12.8. The molecule has 0 aromatic carbocycles. The standard InChI is InChI=1S/C16H26O4/c1-13(2)5-9-10(6-13)14(3)7-15(14)12(19-4)20-8-16(15,18)11(9)17/h9-12,17-18H,5-8H2,1-4H3. The highest BCUT2D eigenvalue weighted by molar-refractivity contribution is 5.33. The van der Waals surface area contributed by atoms with Gasteiger partial charge in [-0.3, -0.25) is 0 Å². The van der Waals surface area contributed by atoms with Gasteiger partial charge in [0, 0.05) is 7.11 Å². The lowest BCUT2D eigenvalue weighted by atomic mass is 9.60. The Morgan fingerprint density at radius 2 is 1.90 bits per heavy atom. The molecule has 1 saturated heterocycles. The molecule has 4 aliphatic rings. The van der Waals surface area contributed by atoms with Crippen molar-refractivity contribution in [3.05, 3.63) is 0 Å². The maximum Gasteiger partial charge on any atom is 0.166 e. The van der Waals surface area contributed by atoms with Gasteiger partial charge >= 0.3 is 0 Å². The number of rotatable bonds is 1. The van der Waals surface area contributed by atoms with Crippen LogP contribution in [0.2, 0.25) is 0 Å². The van der Waals surface area contributed by atoms with Gasteiger partial charge in [-0.1, -0.05) is 20.8 Å². The van der Waals surface area contributed by atoms with E-state index in [1.165, 1.54) is 0 Å². The van der Waals surface area contributed by atoms with E-state index in [0.29, 0.717) is 5.92 Å². The lowest BCUT2D eigenvalue weighted by molar-refractivity contribution is -0.193. The molecule has 1 heterocycles.